The van der Waals surface area contributed by atoms with Crippen LogP contribution in [0.5, 0.6) is 0 Å². The lowest BCUT2D eigenvalue weighted by Crippen LogP contribution is -2.52. The van der Waals surface area contributed by atoms with Crippen molar-refractivity contribution in [3.63, 3.8) is 0 Å². The summed E-state index contributed by atoms with van der Waals surface area (Å²) in [5, 5.41) is 3.22. The van der Waals surface area contributed by atoms with E-state index in [4.69, 9.17) is 0 Å². The molecule has 30 heavy (non-hydrogen) atoms. The zero-order chi connectivity index (χ0) is 21.9. The van der Waals surface area contributed by atoms with Crippen molar-refractivity contribution >= 4 is 15.9 Å². The van der Waals surface area contributed by atoms with Gasteiger partial charge in [0, 0.05) is 32.2 Å². The third kappa shape index (κ3) is 5.42. The van der Waals surface area contributed by atoms with E-state index in [1.807, 2.05) is 12.1 Å². The number of hydrogen-bond acceptors (Lipinski definition) is 4. The van der Waals surface area contributed by atoms with E-state index in [0.29, 0.717) is 55.4 Å². The summed E-state index contributed by atoms with van der Waals surface area (Å²) in [6.07, 6.45) is 3.47. The molecule has 6 nitrogen and oxygen atoms in total. The molecule has 1 aliphatic heterocycles. The fourth-order valence-electron chi connectivity index (χ4n) is 4.54. The normalized spacial score (nSPS) is 26.6. The number of hydrogen-bond donors (Lipinski definition) is 1. The first-order valence-corrected chi connectivity index (χ1v) is 12.7. The van der Waals surface area contributed by atoms with Crippen LogP contribution in [0.2, 0.25) is 0 Å². The number of nitrogens with zero attached hydrogens (tertiary/aromatic N) is 2. The highest BCUT2D eigenvalue weighted by Gasteiger charge is 2.31. The average molecular weight is 436 g/mol. The fraction of sp³-hybridized carbons (Fsp3) is 0.696. The molecule has 168 valence electrons. The first-order valence-electron chi connectivity index (χ1n) is 11.3. The quantitative estimate of drug-likeness (QED) is 0.746. The lowest BCUT2D eigenvalue weighted by molar-refractivity contribution is -0.124. The Morgan fingerprint density at radius 1 is 1.07 bits per heavy atom. The van der Waals surface area contributed by atoms with E-state index >= 15 is 0 Å². The Balaban J connectivity index is 1.51. The van der Waals surface area contributed by atoms with Gasteiger partial charge < -0.3 is 5.32 Å². The molecule has 1 saturated carbocycles. The molecular weight excluding hydrogens is 398 g/mol. The fourth-order valence-corrected chi connectivity index (χ4v) is 5.97. The molecule has 0 spiro atoms. The predicted molar refractivity (Wildman–Crippen MR) is 120 cm³/mol. The maximum Gasteiger partial charge on any atom is 0.243 e. The van der Waals surface area contributed by atoms with E-state index in [-0.39, 0.29) is 11.9 Å². The molecular formula is C23H37N3O3S. The van der Waals surface area contributed by atoms with Crippen LogP contribution < -0.4 is 5.32 Å². The summed E-state index contributed by atoms with van der Waals surface area (Å²) in [6.45, 7) is 11.0. The van der Waals surface area contributed by atoms with E-state index in [1.54, 1.807) is 12.1 Å². The number of piperazine rings is 1. The Bertz CT molecular complexity index is 815. The molecule has 7 heteroatoms. The molecule has 0 unspecified atom stereocenters. The second kappa shape index (κ2) is 9.79. The van der Waals surface area contributed by atoms with Crippen LogP contribution in [0.4, 0.5) is 0 Å². The van der Waals surface area contributed by atoms with Crippen LogP contribution in [0.3, 0.4) is 0 Å². The van der Waals surface area contributed by atoms with Gasteiger partial charge in [0.25, 0.3) is 0 Å². The highest BCUT2D eigenvalue weighted by atomic mass is 32.2. The van der Waals surface area contributed by atoms with Crippen LogP contribution in [-0.4, -0.2) is 62.3 Å². The Morgan fingerprint density at radius 3 is 2.30 bits per heavy atom. The lowest BCUT2D eigenvalue weighted by Gasteiger charge is -2.36. The van der Waals surface area contributed by atoms with Crippen molar-refractivity contribution in [2.45, 2.75) is 63.8 Å². The van der Waals surface area contributed by atoms with Crippen LogP contribution in [0.1, 0.15) is 58.4 Å². The van der Waals surface area contributed by atoms with Gasteiger partial charge in [-0.2, -0.15) is 4.31 Å². The minimum atomic E-state index is -3.49. The summed E-state index contributed by atoms with van der Waals surface area (Å²) in [5.41, 5.74) is 1.13. The van der Waals surface area contributed by atoms with Crippen LogP contribution in [0.25, 0.3) is 0 Å². The van der Waals surface area contributed by atoms with Gasteiger partial charge in [-0.1, -0.05) is 52.7 Å². The molecule has 1 aliphatic carbocycles. The molecule has 1 N–H and O–H groups in total. The van der Waals surface area contributed by atoms with E-state index in [0.717, 1.165) is 12.0 Å². The van der Waals surface area contributed by atoms with Crippen molar-refractivity contribution in [3.8, 4) is 0 Å². The minimum absolute atomic E-state index is 0.0570. The molecule has 3 rings (SSSR count). The highest BCUT2D eigenvalue weighted by molar-refractivity contribution is 7.89. The molecule has 0 aromatic heterocycles. The zero-order valence-electron chi connectivity index (χ0n) is 18.8. The summed E-state index contributed by atoms with van der Waals surface area (Å²) in [4.78, 5) is 14.9. The zero-order valence-corrected chi connectivity index (χ0v) is 19.6. The molecule has 1 heterocycles. The van der Waals surface area contributed by atoms with Crippen molar-refractivity contribution in [1.29, 1.82) is 0 Å². The van der Waals surface area contributed by atoms with Gasteiger partial charge in [0.1, 0.15) is 0 Å². The predicted octanol–water partition coefficient (Wildman–Crippen LogP) is 3.06. The maximum atomic E-state index is 13.0. The lowest BCUT2D eigenvalue weighted by atomic mass is 9.78. The van der Waals surface area contributed by atoms with Crippen LogP contribution in [-0.2, 0) is 14.8 Å². The Morgan fingerprint density at radius 2 is 1.70 bits per heavy atom. The standard InChI is InChI=1S/C23H37N3O3S/c1-17(2)20-8-10-21(11-9-20)30(28,29)26-14-12-25(13-15-26)16-23(27)24-22-7-5-6-18(3)19(22)4/h8-11,17-19,22H,5-7,12-16H2,1-4H3,(H,24,27)/t18-,19-,22+/m0/s1. The SMILES string of the molecule is CC(C)c1ccc(S(=O)(=O)N2CCN(CC(=O)N[C@@H]3CCC[C@H](C)[C@@H]3C)CC2)cc1. The number of sulfonamides is 1. The van der Waals surface area contributed by atoms with Gasteiger partial charge in [0.15, 0.2) is 0 Å². The van der Waals surface area contributed by atoms with Gasteiger partial charge in [0.05, 0.1) is 11.4 Å². The molecule has 3 atom stereocenters. The third-order valence-electron chi connectivity index (χ3n) is 6.94. The Kier molecular flexibility index (Phi) is 7.58. The molecule has 1 saturated heterocycles. The third-order valence-corrected chi connectivity index (χ3v) is 8.85. The van der Waals surface area contributed by atoms with Gasteiger partial charge in [-0.15, -0.1) is 0 Å². The molecule has 2 fully saturated rings. The number of rotatable bonds is 6. The number of benzene rings is 1. The number of carbonyl (C=O) groups is 1. The summed E-state index contributed by atoms with van der Waals surface area (Å²) < 4.78 is 27.4. The van der Waals surface area contributed by atoms with Crippen LogP contribution >= 0.6 is 0 Å². The Hall–Kier alpha value is -1.44. The maximum absolute atomic E-state index is 13.0. The van der Waals surface area contributed by atoms with E-state index in [1.165, 1.54) is 17.1 Å². The van der Waals surface area contributed by atoms with Gasteiger partial charge in [-0.3, -0.25) is 9.69 Å². The van der Waals surface area contributed by atoms with Gasteiger partial charge in [-0.05, 0) is 41.9 Å². The molecule has 0 radical (unpaired) electrons. The largest absolute Gasteiger partial charge is 0.352 e. The second-order valence-electron chi connectivity index (χ2n) is 9.35. The molecule has 1 aromatic rings. The van der Waals surface area contributed by atoms with E-state index < -0.39 is 10.0 Å². The van der Waals surface area contributed by atoms with Crippen LogP contribution in [0.15, 0.2) is 29.2 Å². The van der Waals surface area contributed by atoms with Crippen molar-refractivity contribution in [1.82, 2.24) is 14.5 Å². The first kappa shape index (κ1) is 23.2. The molecule has 1 aromatic carbocycles. The minimum Gasteiger partial charge on any atom is -0.352 e. The van der Waals surface area contributed by atoms with Crippen molar-refractivity contribution in [3.05, 3.63) is 29.8 Å². The van der Waals surface area contributed by atoms with E-state index in [9.17, 15) is 13.2 Å². The van der Waals surface area contributed by atoms with Crippen molar-refractivity contribution in [2.75, 3.05) is 32.7 Å². The first-order chi connectivity index (χ1) is 14.2. The monoisotopic (exact) mass is 435 g/mol. The summed E-state index contributed by atoms with van der Waals surface area (Å²) >= 11 is 0. The van der Waals surface area contributed by atoms with Gasteiger partial charge in [-0.25, -0.2) is 8.42 Å². The van der Waals surface area contributed by atoms with Crippen molar-refractivity contribution in [2.24, 2.45) is 11.8 Å². The summed E-state index contributed by atoms with van der Waals surface area (Å²) in [7, 11) is -3.49. The van der Waals surface area contributed by atoms with E-state index in [2.05, 4.69) is 37.9 Å². The molecule has 0 bridgehead atoms. The van der Waals surface area contributed by atoms with Gasteiger partial charge in [0.2, 0.25) is 15.9 Å². The summed E-state index contributed by atoms with van der Waals surface area (Å²) in [6, 6.07) is 7.46. The number of carbonyl (C=O) groups excluding carboxylic acids is 1. The smallest absolute Gasteiger partial charge is 0.243 e. The highest BCUT2D eigenvalue weighted by Crippen LogP contribution is 2.29. The summed E-state index contributed by atoms with van der Waals surface area (Å²) in [5.74, 6) is 1.58. The number of nitrogens with one attached hydrogen (secondary N) is 1. The molecule has 1 amide bonds. The average Bonchev–Trinajstić information content (AvgIpc) is 2.72. The van der Waals surface area contributed by atoms with Crippen molar-refractivity contribution < 1.29 is 13.2 Å². The topological polar surface area (TPSA) is 69.7 Å². The van der Waals surface area contributed by atoms with Crippen LogP contribution in [0, 0.1) is 11.8 Å². The van der Waals surface area contributed by atoms with Gasteiger partial charge >= 0.3 is 0 Å². The number of amides is 1. The Labute approximate surface area is 182 Å². The second-order valence-corrected chi connectivity index (χ2v) is 11.3. The molecule has 2 aliphatic rings.